The van der Waals surface area contributed by atoms with E-state index >= 15 is 0 Å². The van der Waals surface area contributed by atoms with Gasteiger partial charge < -0.3 is 10.1 Å². The summed E-state index contributed by atoms with van der Waals surface area (Å²) in [7, 11) is 1.98. The molecule has 0 radical (unpaired) electrons. The maximum absolute atomic E-state index is 5.67. The van der Waals surface area contributed by atoms with Crippen LogP contribution in [0.5, 0.6) is 0 Å². The maximum atomic E-state index is 5.67. The molecule has 1 aliphatic carbocycles. The molecule has 1 aliphatic rings. The number of nitrogens with one attached hydrogen (secondary N) is 1. The van der Waals surface area contributed by atoms with Gasteiger partial charge in [-0.15, -0.1) is 0 Å². The number of rotatable bonds is 6. The van der Waals surface area contributed by atoms with Crippen molar-refractivity contribution in [2.24, 2.45) is 0 Å². The van der Waals surface area contributed by atoms with Gasteiger partial charge in [0.2, 0.25) is 0 Å². The molecule has 1 aromatic carbocycles. The summed E-state index contributed by atoms with van der Waals surface area (Å²) in [6.07, 6.45) is 6.30. The van der Waals surface area contributed by atoms with Gasteiger partial charge in [-0.25, -0.2) is 0 Å². The molecule has 0 unspecified atom stereocenters. The summed E-state index contributed by atoms with van der Waals surface area (Å²) in [6.45, 7) is 2.64. The minimum Gasteiger partial charge on any atom is -0.377 e. The lowest BCUT2D eigenvalue weighted by atomic mass is 9.90. The average molecular weight is 233 g/mol. The first-order valence-electron chi connectivity index (χ1n) is 6.73. The van der Waals surface area contributed by atoms with Crippen molar-refractivity contribution in [3.05, 3.63) is 34.9 Å². The van der Waals surface area contributed by atoms with Crippen LogP contribution in [0.25, 0.3) is 0 Å². The van der Waals surface area contributed by atoms with E-state index in [9.17, 15) is 0 Å². The van der Waals surface area contributed by atoms with Crippen LogP contribution in [-0.4, -0.2) is 20.2 Å². The van der Waals surface area contributed by atoms with E-state index in [0.29, 0.717) is 0 Å². The number of aryl methyl sites for hydroxylation is 2. The fourth-order valence-corrected chi connectivity index (χ4v) is 2.42. The summed E-state index contributed by atoms with van der Waals surface area (Å²) >= 11 is 0. The van der Waals surface area contributed by atoms with Crippen LogP contribution in [0, 0.1) is 0 Å². The van der Waals surface area contributed by atoms with Crippen LogP contribution in [0.4, 0.5) is 0 Å². The zero-order valence-electron chi connectivity index (χ0n) is 10.8. The SMILES string of the molecule is CNCCCOCc1ccc2c(c1)CCCC2. The molecular weight excluding hydrogens is 210 g/mol. The third-order valence-electron chi connectivity index (χ3n) is 3.40. The molecule has 17 heavy (non-hydrogen) atoms. The number of ether oxygens (including phenoxy) is 1. The molecule has 94 valence electrons. The Bertz CT molecular complexity index is 349. The number of benzene rings is 1. The lowest BCUT2D eigenvalue weighted by Crippen LogP contribution is -2.10. The first-order valence-corrected chi connectivity index (χ1v) is 6.73. The van der Waals surface area contributed by atoms with Gasteiger partial charge in [-0.2, -0.15) is 0 Å². The zero-order chi connectivity index (χ0) is 11.9. The van der Waals surface area contributed by atoms with Crippen LogP contribution in [0.2, 0.25) is 0 Å². The van der Waals surface area contributed by atoms with Gasteiger partial charge in [-0.1, -0.05) is 18.2 Å². The fourth-order valence-electron chi connectivity index (χ4n) is 2.42. The van der Waals surface area contributed by atoms with Crippen LogP contribution in [-0.2, 0) is 24.2 Å². The van der Waals surface area contributed by atoms with E-state index in [1.165, 1.54) is 31.2 Å². The Morgan fingerprint density at radius 2 is 2.00 bits per heavy atom. The van der Waals surface area contributed by atoms with Gasteiger partial charge >= 0.3 is 0 Å². The van der Waals surface area contributed by atoms with Crippen molar-refractivity contribution in [1.82, 2.24) is 5.32 Å². The molecular formula is C15H23NO. The van der Waals surface area contributed by atoms with Crippen molar-refractivity contribution in [3.63, 3.8) is 0 Å². The van der Waals surface area contributed by atoms with E-state index in [0.717, 1.165) is 26.2 Å². The summed E-state index contributed by atoms with van der Waals surface area (Å²) in [4.78, 5) is 0. The topological polar surface area (TPSA) is 21.3 Å². The monoisotopic (exact) mass is 233 g/mol. The molecule has 0 saturated carbocycles. The Kier molecular flexibility index (Phi) is 5.02. The minimum atomic E-state index is 0.761. The van der Waals surface area contributed by atoms with E-state index in [2.05, 4.69) is 23.5 Å². The Hall–Kier alpha value is -0.860. The van der Waals surface area contributed by atoms with Gasteiger partial charge in [-0.3, -0.25) is 0 Å². The van der Waals surface area contributed by atoms with E-state index in [1.54, 1.807) is 11.1 Å². The lowest BCUT2D eigenvalue weighted by Gasteiger charge is -2.16. The van der Waals surface area contributed by atoms with E-state index in [-0.39, 0.29) is 0 Å². The summed E-state index contributed by atoms with van der Waals surface area (Å²) in [5.74, 6) is 0. The molecule has 0 atom stereocenters. The molecule has 2 rings (SSSR count). The molecule has 0 saturated heterocycles. The number of hydrogen-bond donors (Lipinski definition) is 1. The number of fused-ring (bicyclic) bond motifs is 1. The average Bonchev–Trinajstić information content (AvgIpc) is 2.38. The lowest BCUT2D eigenvalue weighted by molar-refractivity contribution is 0.118. The van der Waals surface area contributed by atoms with Crippen molar-refractivity contribution in [2.45, 2.75) is 38.7 Å². The Morgan fingerprint density at radius 3 is 2.82 bits per heavy atom. The summed E-state index contributed by atoms with van der Waals surface area (Å²) < 4.78 is 5.67. The van der Waals surface area contributed by atoms with Crippen molar-refractivity contribution < 1.29 is 4.74 Å². The third kappa shape index (κ3) is 3.83. The minimum absolute atomic E-state index is 0.761. The van der Waals surface area contributed by atoms with Crippen molar-refractivity contribution >= 4 is 0 Å². The van der Waals surface area contributed by atoms with Gasteiger partial charge in [0.25, 0.3) is 0 Å². The summed E-state index contributed by atoms with van der Waals surface area (Å²) in [6, 6.07) is 6.86. The van der Waals surface area contributed by atoms with Crippen LogP contribution in [0.3, 0.4) is 0 Å². The molecule has 2 heteroatoms. The maximum Gasteiger partial charge on any atom is 0.0716 e. The highest BCUT2D eigenvalue weighted by Gasteiger charge is 2.09. The zero-order valence-corrected chi connectivity index (χ0v) is 10.8. The molecule has 0 amide bonds. The van der Waals surface area contributed by atoms with Crippen molar-refractivity contribution in [1.29, 1.82) is 0 Å². The van der Waals surface area contributed by atoms with E-state index in [1.807, 2.05) is 7.05 Å². The molecule has 0 spiro atoms. The van der Waals surface area contributed by atoms with E-state index < -0.39 is 0 Å². The van der Waals surface area contributed by atoms with Crippen LogP contribution in [0.1, 0.15) is 36.0 Å². The Labute approximate surface area is 104 Å². The second kappa shape index (κ2) is 6.77. The van der Waals surface area contributed by atoms with Crippen LogP contribution in [0.15, 0.2) is 18.2 Å². The van der Waals surface area contributed by atoms with Gasteiger partial charge in [0.05, 0.1) is 6.61 Å². The van der Waals surface area contributed by atoms with Crippen molar-refractivity contribution in [3.8, 4) is 0 Å². The summed E-state index contributed by atoms with van der Waals surface area (Å²) in [5.41, 5.74) is 4.43. The largest absolute Gasteiger partial charge is 0.377 e. The molecule has 0 heterocycles. The molecule has 0 bridgehead atoms. The van der Waals surface area contributed by atoms with Crippen LogP contribution < -0.4 is 5.32 Å². The molecule has 0 aliphatic heterocycles. The second-order valence-electron chi connectivity index (χ2n) is 4.82. The molecule has 0 fully saturated rings. The first kappa shape index (κ1) is 12.6. The predicted octanol–water partition coefficient (Wildman–Crippen LogP) is 2.69. The highest BCUT2D eigenvalue weighted by atomic mass is 16.5. The van der Waals surface area contributed by atoms with Gasteiger partial charge in [-0.05, 0) is 62.4 Å². The Morgan fingerprint density at radius 1 is 1.18 bits per heavy atom. The predicted molar refractivity (Wildman–Crippen MR) is 71.3 cm³/mol. The number of hydrogen-bond acceptors (Lipinski definition) is 2. The highest BCUT2D eigenvalue weighted by Crippen LogP contribution is 2.22. The van der Waals surface area contributed by atoms with E-state index in [4.69, 9.17) is 4.74 Å². The quantitative estimate of drug-likeness (QED) is 0.763. The fraction of sp³-hybridized carbons (Fsp3) is 0.600. The van der Waals surface area contributed by atoms with Gasteiger partial charge in [0, 0.05) is 6.61 Å². The standard InChI is InChI=1S/C15H23NO/c1-16-9-4-10-17-12-13-7-8-14-5-2-3-6-15(14)11-13/h7-8,11,16H,2-6,9-10,12H2,1H3. The van der Waals surface area contributed by atoms with Crippen molar-refractivity contribution in [2.75, 3.05) is 20.2 Å². The Balaban J connectivity index is 1.81. The molecule has 1 N–H and O–H groups in total. The van der Waals surface area contributed by atoms with Crippen LogP contribution >= 0.6 is 0 Å². The molecule has 0 aromatic heterocycles. The third-order valence-corrected chi connectivity index (χ3v) is 3.40. The molecule has 2 nitrogen and oxygen atoms in total. The second-order valence-corrected chi connectivity index (χ2v) is 4.82. The smallest absolute Gasteiger partial charge is 0.0716 e. The highest BCUT2D eigenvalue weighted by molar-refractivity contribution is 5.33. The summed E-state index contributed by atoms with van der Waals surface area (Å²) in [5, 5.41) is 3.13. The van der Waals surface area contributed by atoms with Gasteiger partial charge in [0.1, 0.15) is 0 Å². The normalized spacial score (nSPS) is 14.6. The first-order chi connectivity index (χ1) is 8.40. The molecule has 1 aromatic rings. The van der Waals surface area contributed by atoms with Gasteiger partial charge in [0.15, 0.2) is 0 Å².